The van der Waals surface area contributed by atoms with E-state index >= 15 is 0 Å². The fourth-order valence-corrected chi connectivity index (χ4v) is 4.80. The highest BCUT2D eigenvalue weighted by Gasteiger charge is 2.35. The number of nitrogens with zero attached hydrogens (tertiary/aromatic N) is 2. The van der Waals surface area contributed by atoms with E-state index in [0.29, 0.717) is 17.3 Å². The summed E-state index contributed by atoms with van der Waals surface area (Å²) in [5.74, 6) is -0.627. The Bertz CT molecular complexity index is 1290. The number of anilines is 2. The molecule has 5 rings (SSSR count). The summed E-state index contributed by atoms with van der Waals surface area (Å²) in [6.07, 6.45) is 0.188. The lowest BCUT2D eigenvalue weighted by molar-refractivity contribution is -0.122. The maximum absolute atomic E-state index is 12.8. The van der Waals surface area contributed by atoms with Crippen LogP contribution in [0.2, 0.25) is 5.02 Å². The van der Waals surface area contributed by atoms with E-state index in [0.717, 1.165) is 27.5 Å². The van der Waals surface area contributed by atoms with Crippen LogP contribution in [0.5, 0.6) is 0 Å². The van der Waals surface area contributed by atoms with Gasteiger partial charge in [-0.15, -0.1) is 11.3 Å². The molecule has 1 aliphatic heterocycles. The highest BCUT2D eigenvalue weighted by atomic mass is 35.5. The SMILES string of the molecule is O=C(Nc1ccc(-c2csc(-c3ccccc3)n2)cc1)[C@H]1CC(=O)N(c2ccc(Cl)cc2)C1. The lowest BCUT2D eigenvalue weighted by Crippen LogP contribution is -2.28. The summed E-state index contributed by atoms with van der Waals surface area (Å²) in [6, 6.07) is 24.8. The van der Waals surface area contributed by atoms with E-state index in [9.17, 15) is 9.59 Å². The third-order valence-corrected chi connectivity index (χ3v) is 6.75. The van der Waals surface area contributed by atoms with Gasteiger partial charge in [-0.25, -0.2) is 4.98 Å². The molecule has 0 radical (unpaired) electrons. The first-order valence-corrected chi connectivity index (χ1v) is 11.8. The summed E-state index contributed by atoms with van der Waals surface area (Å²) in [5.41, 5.74) is 4.42. The van der Waals surface area contributed by atoms with Crippen molar-refractivity contribution in [3.63, 3.8) is 0 Å². The molecule has 5 nitrogen and oxygen atoms in total. The second-order valence-electron chi connectivity index (χ2n) is 7.85. The number of amides is 2. The average molecular weight is 474 g/mol. The summed E-state index contributed by atoms with van der Waals surface area (Å²) < 4.78 is 0. The van der Waals surface area contributed by atoms with Crippen LogP contribution in [-0.4, -0.2) is 23.3 Å². The topological polar surface area (TPSA) is 62.3 Å². The van der Waals surface area contributed by atoms with Gasteiger partial charge in [-0.05, 0) is 36.4 Å². The van der Waals surface area contributed by atoms with Crippen LogP contribution in [0.15, 0.2) is 84.2 Å². The van der Waals surface area contributed by atoms with Crippen LogP contribution in [0, 0.1) is 5.92 Å². The Kier molecular flexibility index (Phi) is 5.94. The Morgan fingerprint density at radius 1 is 0.970 bits per heavy atom. The van der Waals surface area contributed by atoms with Crippen molar-refractivity contribution in [1.82, 2.24) is 4.98 Å². The molecule has 33 heavy (non-hydrogen) atoms. The van der Waals surface area contributed by atoms with Gasteiger partial charge in [0.2, 0.25) is 11.8 Å². The number of carbonyl (C=O) groups excluding carboxylic acids is 2. The standard InChI is InChI=1S/C26H20ClN3O2S/c27-20-8-12-22(13-9-20)30-15-19(14-24(30)31)25(32)28-21-10-6-17(7-11-21)23-16-33-26(29-23)18-4-2-1-3-5-18/h1-13,16,19H,14-15H2,(H,28,32)/t19-/m0/s1. The predicted octanol–water partition coefficient (Wildman–Crippen LogP) is 6.12. The molecule has 1 N–H and O–H groups in total. The molecule has 1 atom stereocenters. The summed E-state index contributed by atoms with van der Waals surface area (Å²) in [5, 5.41) is 6.55. The average Bonchev–Trinajstić information content (AvgIpc) is 3.48. The smallest absolute Gasteiger partial charge is 0.229 e. The lowest BCUT2D eigenvalue weighted by atomic mass is 10.1. The number of benzene rings is 3. The van der Waals surface area contributed by atoms with Gasteiger partial charge in [0.15, 0.2) is 0 Å². The minimum absolute atomic E-state index is 0.0643. The monoisotopic (exact) mass is 473 g/mol. The molecule has 0 saturated carbocycles. The van der Waals surface area contributed by atoms with Crippen LogP contribution in [0.4, 0.5) is 11.4 Å². The maximum atomic E-state index is 12.8. The van der Waals surface area contributed by atoms with Gasteiger partial charge in [0, 0.05) is 45.9 Å². The quantitative estimate of drug-likeness (QED) is 0.379. The van der Waals surface area contributed by atoms with Crippen molar-refractivity contribution in [2.24, 2.45) is 5.92 Å². The van der Waals surface area contributed by atoms with Crippen molar-refractivity contribution in [2.75, 3.05) is 16.8 Å². The number of carbonyl (C=O) groups is 2. The highest BCUT2D eigenvalue weighted by Crippen LogP contribution is 2.30. The zero-order valence-electron chi connectivity index (χ0n) is 17.6. The van der Waals surface area contributed by atoms with Gasteiger partial charge in [0.05, 0.1) is 11.6 Å². The molecule has 0 aliphatic carbocycles. The minimum atomic E-state index is -0.403. The first-order chi connectivity index (χ1) is 16.1. The van der Waals surface area contributed by atoms with Crippen molar-refractivity contribution in [1.29, 1.82) is 0 Å². The lowest BCUT2D eigenvalue weighted by Gasteiger charge is -2.16. The molecule has 164 valence electrons. The molecule has 1 saturated heterocycles. The highest BCUT2D eigenvalue weighted by molar-refractivity contribution is 7.13. The van der Waals surface area contributed by atoms with Crippen LogP contribution in [0.1, 0.15) is 6.42 Å². The second-order valence-corrected chi connectivity index (χ2v) is 9.15. The van der Waals surface area contributed by atoms with E-state index in [1.54, 1.807) is 40.5 Å². The zero-order valence-corrected chi connectivity index (χ0v) is 19.1. The van der Waals surface area contributed by atoms with E-state index in [2.05, 4.69) is 5.32 Å². The van der Waals surface area contributed by atoms with E-state index in [1.807, 2.05) is 60.0 Å². The van der Waals surface area contributed by atoms with Crippen LogP contribution < -0.4 is 10.2 Å². The zero-order chi connectivity index (χ0) is 22.8. The third-order valence-electron chi connectivity index (χ3n) is 5.61. The molecule has 3 aromatic carbocycles. The second kappa shape index (κ2) is 9.17. The maximum Gasteiger partial charge on any atom is 0.229 e. The Morgan fingerprint density at radius 3 is 2.42 bits per heavy atom. The van der Waals surface area contributed by atoms with E-state index in [4.69, 9.17) is 16.6 Å². The summed E-state index contributed by atoms with van der Waals surface area (Å²) >= 11 is 7.54. The van der Waals surface area contributed by atoms with Crippen LogP contribution in [0.3, 0.4) is 0 Å². The Balaban J connectivity index is 1.23. The van der Waals surface area contributed by atoms with E-state index in [1.165, 1.54) is 0 Å². The fourth-order valence-electron chi connectivity index (χ4n) is 3.84. The Labute approximate surface area is 200 Å². The number of halogens is 1. The first kappa shape index (κ1) is 21.4. The molecule has 1 aromatic heterocycles. The van der Waals surface area contributed by atoms with Crippen LogP contribution in [0.25, 0.3) is 21.8 Å². The molecule has 2 heterocycles. The molecule has 0 spiro atoms. The molecule has 1 fully saturated rings. The molecular formula is C26H20ClN3O2S. The summed E-state index contributed by atoms with van der Waals surface area (Å²) in [6.45, 7) is 0.353. The van der Waals surface area contributed by atoms with Gasteiger partial charge in [0.1, 0.15) is 5.01 Å². The van der Waals surface area contributed by atoms with Gasteiger partial charge in [0.25, 0.3) is 0 Å². The third kappa shape index (κ3) is 4.67. The van der Waals surface area contributed by atoms with Crippen LogP contribution >= 0.6 is 22.9 Å². The van der Waals surface area contributed by atoms with Gasteiger partial charge < -0.3 is 10.2 Å². The van der Waals surface area contributed by atoms with E-state index in [-0.39, 0.29) is 18.2 Å². The number of thiazole rings is 1. The molecule has 0 bridgehead atoms. The van der Waals surface area contributed by atoms with Gasteiger partial charge >= 0.3 is 0 Å². The molecule has 2 amide bonds. The first-order valence-electron chi connectivity index (χ1n) is 10.5. The van der Waals surface area contributed by atoms with E-state index < -0.39 is 5.92 Å². The number of aromatic nitrogens is 1. The fraction of sp³-hybridized carbons (Fsp3) is 0.115. The largest absolute Gasteiger partial charge is 0.326 e. The van der Waals surface area contributed by atoms with Crippen molar-refractivity contribution in [3.8, 4) is 21.8 Å². The summed E-state index contributed by atoms with van der Waals surface area (Å²) in [7, 11) is 0. The molecule has 1 aliphatic rings. The van der Waals surface area contributed by atoms with Gasteiger partial charge in [-0.1, -0.05) is 54.1 Å². The van der Waals surface area contributed by atoms with Crippen molar-refractivity contribution in [3.05, 3.63) is 89.3 Å². The van der Waals surface area contributed by atoms with Crippen molar-refractivity contribution >= 4 is 46.1 Å². The van der Waals surface area contributed by atoms with Gasteiger partial charge in [-0.3, -0.25) is 9.59 Å². The Morgan fingerprint density at radius 2 is 1.70 bits per heavy atom. The summed E-state index contributed by atoms with van der Waals surface area (Å²) in [4.78, 5) is 31.6. The number of rotatable bonds is 5. The van der Waals surface area contributed by atoms with Crippen molar-refractivity contribution in [2.45, 2.75) is 6.42 Å². The van der Waals surface area contributed by atoms with Gasteiger partial charge in [-0.2, -0.15) is 0 Å². The minimum Gasteiger partial charge on any atom is -0.326 e. The van der Waals surface area contributed by atoms with Crippen LogP contribution in [-0.2, 0) is 9.59 Å². The molecule has 0 unspecified atom stereocenters. The molecular weight excluding hydrogens is 454 g/mol. The van der Waals surface area contributed by atoms with Crippen molar-refractivity contribution < 1.29 is 9.59 Å². The Hall–Kier alpha value is -3.48. The number of hydrogen-bond donors (Lipinski definition) is 1. The predicted molar refractivity (Wildman–Crippen MR) is 134 cm³/mol. The molecule has 4 aromatic rings. The molecule has 7 heteroatoms. The number of hydrogen-bond acceptors (Lipinski definition) is 4. The number of nitrogens with one attached hydrogen (secondary N) is 1. The normalized spacial score (nSPS) is 15.6.